The molecule has 0 amide bonds. The summed E-state index contributed by atoms with van der Waals surface area (Å²) in [6.07, 6.45) is 1.19. The van der Waals surface area contributed by atoms with Crippen LogP contribution in [0.25, 0.3) is 0 Å². The highest BCUT2D eigenvalue weighted by atomic mass is 79.9. The number of ether oxygens (including phenoxy) is 2. The van der Waals surface area contributed by atoms with Gasteiger partial charge in [-0.1, -0.05) is 15.9 Å². The molecule has 1 aromatic rings. The highest BCUT2D eigenvalue weighted by Crippen LogP contribution is 2.45. The largest absolute Gasteiger partial charge is 0.486 e. The maximum absolute atomic E-state index is 11.9. The molecule has 1 atom stereocenters. The fourth-order valence-corrected chi connectivity index (χ4v) is 3.69. The normalized spacial score (nSPS) is 16.9. The van der Waals surface area contributed by atoms with Gasteiger partial charge in [0.15, 0.2) is 21.3 Å². The molecule has 0 aromatic heterocycles. The third-order valence-electron chi connectivity index (χ3n) is 3.50. The average molecular weight is 384 g/mol. The Morgan fingerprint density at radius 1 is 1.25 bits per heavy atom. The van der Waals surface area contributed by atoms with Crippen LogP contribution in [0.15, 0.2) is 16.6 Å². The third kappa shape index (κ3) is 2.78. The lowest BCUT2D eigenvalue weighted by molar-refractivity contribution is 0.171. The number of hydrogen-bond donors (Lipinski definition) is 0. The number of hydrogen-bond acceptors (Lipinski definition) is 4. The van der Waals surface area contributed by atoms with E-state index in [-0.39, 0.29) is 0 Å². The first kappa shape index (κ1) is 15.9. The van der Waals surface area contributed by atoms with Crippen LogP contribution in [0.2, 0.25) is 0 Å². The molecule has 0 bridgehead atoms. The lowest BCUT2D eigenvalue weighted by atomic mass is 10.0. The van der Waals surface area contributed by atoms with E-state index in [1.54, 1.807) is 26.0 Å². The molecule has 0 saturated carbocycles. The summed E-state index contributed by atoms with van der Waals surface area (Å²) in [5.74, 6) is 1.22. The Hall–Kier alpha value is -0.460. The van der Waals surface area contributed by atoms with Crippen molar-refractivity contribution in [1.82, 2.24) is 0 Å². The summed E-state index contributed by atoms with van der Waals surface area (Å²) in [4.78, 5) is 0. The predicted molar refractivity (Wildman–Crippen MR) is 82.6 cm³/mol. The lowest BCUT2D eigenvalue weighted by Gasteiger charge is -2.30. The molecule has 112 valence electrons. The highest BCUT2D eigenvalue weighted by Gasteiger charge is 2.40. The molecule has 1 aliphatic rings. The van der Waals surface area contributed by atoms with Gasteiger partial charge in [0.25, 0.3) is 0 Å². The molecular weight excluding hydrogens is 368 g/mol. The molecule has 4 nitrogen and oxygen atoms in total. The van der Waals surface area contributed by atoms with E-state index in [0.29, 0.717) is 34.7 Å². The van der Waals surface area contributed by atoms with E-state index in [4.69, 9.17) is 21.1 Å². The Bertz CT molecular complexity index is 628. The molecule has 0 saturated heterocycles. The fraction of sp³-hybridized carbons (Fsp3) is 0.538. The van der Waals surface area contributed by atoms with E-state index in [2.05, 4.69) is 15.9 Å². The number of rotatable bonds is 3. The van der Waals surface area contributed by atoms with Crippen LogP contribution < -0.4 is 9.47 Å². The fourth-order valence-electron chi connectivity index (χ4n) is 1.84. The first-order chi connectivity index (χ1) is 9.14. The van der Waals surface area contributed by atoms with Crippen molar-refractivity contribution in [3.8, 4) is 11.5 Å². The van der Waals surface area contributed by atoms with Gasteiger partial charge < -0.3 is 9.47 Å². The number of benzene rings is 1. The van der Waals surface area contributed by atoms with Crippen LogP contribution in [0.1, 0.15) is 24.8 Å². The zero-order valence-electron chi connectivity index (χ0n) is 11.4. The standard InChI is InChI=1S/C13H16BrClO4S/c1-13(2,20(3,16)17)12(15)8-6-10-11(7-9(8)14)19-5-4-18-10/h6-7,12H,4-5H2,1-3H3. The first-order valence-corrected chi connectivity index (χ1v) is 9.19. The molecule has 0 radical (unpaired) electrons. The second-order valence-electron chi connectivity index (χ2n) is 5.26. The summed E-state index contributed by atoms with van der Waals surface area (Å²) in [7, 11) is -3.31. The second kappa shape index (κ2) is 5.39. The van der Waals surface area contributed by atoms with Crippen LogP contribution in [0.5, 0.6) is 11.5 Å². The number of alkyl halides is 1. The quantitative estimate of drug-likeness (QED) is 0.751. The maximum Gasteiger partial charge on any atom is 0.162 e. The highest BCUT2D eigenvalue weighted by molar-refractivity contribution is 9.10. The van der Waals surface area contributed by atoms with E-state index in [9.17, 15) is 8.42 Å². The molecule has 1 unspecified atom stereocenters. The van der Waals surface area contributed by atoms with Crippen LogP contribution in [0.4, 0.5) is 0 Å². The van der Waals surface area contributed by atoms with Crippen LogP contribution in [-0.4, -0.2) is 32.6 Å². The van der Waals surface area contributed by atoms with Crippen molar-refractivity contribution in [3.05, 3.63) is 22.2 Å². The Labute approximate surface area is 132 Å². The minimum absolute atomic E-state index is 0.469. The van der Waals surface area contributed by atoms with Crippen molar-refractivity contribution in [2.75, 3.05) is 19.5 Å². The van der Waals surface area contributed by atoms with Gasteiger partial charge >= 0.3 is 0 Å². The van der Waals surface area contributed by atoms with Gasteiger partial charge in [0.1, 0.15) is 13.2 Å². The smallest absolute Gasteiger partial charge is 0.162 e. The molecule has 20 heavy (non-hydrogen) atoms. The van der Waals surface area contributed by atoms with Crippen molar-refractivity contribution in [3.63, 3.8) is 0 Å². The van der Waals surface area contributed by atoms with E-state index in [1.807, 2.05) is 0 Å². The van der Waals surface area contributed by atoms with Crippen molar-refractivity contribution in [2.45, 2.75) is 24.0 Å². The summed E-state index contributed by atoms with van der Waals surface area (Å²) in [6.45, 7) is 4.20. The molecule has 0 aliphatic carbocycles. The van der Waals surface area contributed by atoms with Gasteiger partial charge in [-0.2, -0.15) is 0 Å². The maximum atomic E-state index is 11.9. The minimum Gasteiger partial charge on any atom is -0.486 e. The van der Waals surface area contributed by atoms with Gasteiger partial charge in [0.2, 0.25) is 0 Å². The molecule has 0 N–H and O–H groups in total. The molecule has 1 aromatic carbocycles. The van der Waals surface area contributed by atoms with E-state index < -0.39 is 20.0 Å². The van der Waals surface area contributed by atoms with Crippen LogP contribution in [0.3, 0.4) is 0 Å². The molecular formula is C13H16BrClO4S. The van der Waals surface area contributed by atoms with Gasteiger partial charge in [-0.3, -0.25) is 0 Å². The summed E-state index contributed by atoms with van der Waals surface area (Å²) in [5.41, 5.74) is 0.673. The average Bonchev–Trinajstić information content (AvgIpc) is 2.35. The van der Waals surface area contributed by atoms with Crippen molar-refractivity contribution in [1.29, 1.82) is 0 Å². The van der Waals surface area contributed by atoms with Crippen molar-refractivity contribution in [2.24, 2.45) is 0 Å². The zero-order valence-corrected chi connectivity index (χ0v) is 14.6. The van der Waals surface area contributed by atoms with Crippen molar-refractivity contribution < 1.29 is 17.9 Å². The SMILES string of the molecule is CC(C)(C(Cl)c1cc2c(cc1Br)OCCO2)S(C)(=O)=O. The molecule has 0 fully saturated rings. The molecule has 0 spiro atoms. The van der Waals surface area contributed by atoms with Gasteiger partial charge in [-0.25, -0.2) is 8.42 Å². The zero-order chi connectivity index (χ0) is 15.1. The Kier molecular flexibility index (Phi) is 4.29. The van der Waals surface area contributed by atoms with Crippen LogP contribution in [0, 0.1) is 0 Å². The van der Waals surface area contributed by atoms with E-state index >= 15 is 0 Å². The topological polar surface area (TPSA) is 52.6 Å². The summed E-state index contributed by atoms with van der Waals surface area (Å²) in [5, 5.41) is -0.706. The second-order valence-corrected chi connectivity index (χ2v) is 9.14. The van der Waals surface area contributed by atoms with Gasteiger partial charge in [-0.15, -0.1) is 11.6 Å². The summed E-state index contributed by atoms with van der Waals surface area (Å²) >= 11 is 9.85. The number of fused-ring (bicyclic) bond motifs is 1. The first-order valence-electron chi connectivity index (χ1n) is 6.07. The summed E-state index contributed by atoms with van der Waals surface area (Å²) in [6, 6.07) is 3.50. The van der Waals surface area contributed by atoms with Crippen LogP contribution in [-0.2, 0) is 9.84 Å². The molecule has 7 heteroatoms. The lowest BCUT2D eigenvalue weighted by Crippen LogP contribution is -2.35. The third-order valence-corrected chi connectivity index (χ3v) is 7.24. The van der Waals surface area contributed by atoms with Gasteiger partial charge in [-0.05, 0) is 31.5 Å². The van der Waals surface area contributed by atoms with E-state index in [1.165, 1.54) is 6.26 Å². The van der Waals surface area contributed by atoms with E-state index in [0.717, 1.165) is 0 Å². The van der Waals surface area contributed by atoms with Gasteiger partial charge in [0, 0.05) is 10.7 Å². The predicted octanol–water partition coefficient (Wildman–Crippen LogP) is 3.32. The van der Waals surface area contributed by atoms with Crippen molar-refractivity contribution >= 4 is 37.4 Å². The Balaban J connectivity index is 2.48. The summed E-state index contributed by atoms with van der Waals surface area (Å²) < 4.78 is 34.4. The molecule has 1 heterocycles. The number of halogens is 2. The van der Waals surface area contributed by atoms with Gasteiger partial charge in [0.05, 0.1) is 10.1 Å². The Morgan fingerprint density at radius 2 is 1.75 bits per heavy atom. The Morgan fingerprint density at radius 3 is 2.25 bits per heavy atom. The molecule has 1 aliphatic heterocycles. The molecule has 2 rings (SSSR count). The number of sulfone groups is 1. The minimum atomic E-state index is -3.31. The van der Waals surface area contributed by atoms with Crippen LogP contribution >= 0.6 is 27.5 Å². The monoisotopic (exact) mass is 382 g/mol.